The Morgan fingerprint density at radius 2 is 2.10 bits per heavy atom. The average molecular weight is 297 g/mol. The summed E-state index contributed by atoms with van der Waals surface area (Å²) in [4.78, 5) is 1.37. The monoisotopic (exact) mass is 297 g/mol. The number of hydrogen-bond donors (Lipinski definition) is 1. The van der Waals surface area contributed by atoms with Gasteiger partial charge in [-0.15, -0.1) is 5.10 Å². The van der Waals surface area contributed by atoms with Crippen molar-refractivity contribution < 1.29 is 4.74 Å². The molecule has 0 spiro atoms. The molecule has 2 heterocycles. The van der Waals surface area contributed by atoms with Crippen molar-refractivity contribution in [3.63, 3.8) is 0 Å². The predicted octanol–water partition coefficient (Wildman–Crippen LogP) is 3.35. The number of aryl methyl sites for hydroxylation is 1. The van der Waals surface area contributed by atoms with Crippen molar-refractivity contribution in [2.45, 2.75) is 58.4 Å². The van der Waals surface area contributed by atoms with Crippen LogP contribution in [0.5, 0.6) is 0 Å². The zero-order valence-corrected chi connectivity index (χ0v) is 13.5. The maximum Gasteiger partial charge on any atom is 0.0803 e. The highest BCUT2D eigenvalue weighted by Crippen LogP contribution is 2.31. The lowest BCUT2D eigenvalue weighted by molar-refractivity contribution is 0.0606. The summed E-state index contributed by atoms with van der Waals surface area (Å²) in [7, 11) is 0. The van der Waals surface area contributed by atoms with Crippen molar-refractivity contribution in [1.29, 1.82) is 0 Å². The Labute approximate surface area is 126 Å². The van der Waals surface area contributed by atoms with E-state index in [0.717, 1.165) is 38.5 Å². The SMILES string of the molecule is CCCNC(CC1CCOCC1)c1snnc1CCC. The van der Waals surface area contributed by atoms with Gasteiger partial charge in [0.15, 0.2) is 0 Å². The van der Waals surface area contributed by atoms with Gasteiger partial charge in [-0.1, -0.05) is 24.8 Å². The fourth-order valence-corrected chi connectivity index (χ4v) is 3.59. The van der Waals surface area contributed by atoms with Gasteiger partial charge in [-0.05, 0) is 56.1 Å². The number of rotatable bonds is 8. The summed E-state index contributed by atoms with van der Waals surface area (Å²) in [5, 5.41) is 8.04. The first kappa shape index (κ1) is 15.9. The fourth-order valence-electron chi connectivity index (χ4n) is 2.81. The molecule has 1 aliphatic rings. The zero-order valence-electron chi connectivity index (χ0n) is 12.7. The van der Waals surface area contributed by atoms with Crippen LogP contribution in [0.3, 0.4) is 0 Å². The van der Waals surface area contributed by atoms with E-state index in [1.54, 1.807) is 11.5 Å². The molecule has 1 unspecified atom stereocenters. The third-order valence-corrected chi connectivity index (χ3v) is 4.82. The van der Waals surface area contributed by atoms with E-state index in [1.165, 1.54) is 36.3 Å². The first-order chi connectivity index (χ1) is 9.85. The standard InChI is InChI=1S/C15H27N3OS/c1-3-5-13-15(20-18-17-13)14(16-8-4-2)11-12-6-9-19-10-7-12/h12,14,16H,3-11H2,1-2H3. The summed E-state index contributed by atoms with van der Waals surface area (Å²) < 4.78 is 9.66. The van der Waals surface area contributed by atoms with Crippen LogP contribution in [0.1, 0.15) is 62.6 Å². The largest absolute Gasteiger partial charge is 0.381 e. The highest BCUT2D eigenvalue weighted by atomic mass is 32.1. The van der Waals surface area contributed by atoms with Gasteiger partial charge < -0.3 is 10.1 Å². The Hall–Kier alpha value is -0.520. The van der Waals surface area contributed by atoms with Crippen LogP contribution in [-0.2, 0) is 11.2 Å². The van der Waals surface area contributed by atoms with E-state index >= 15 is 0 Å². The van der Waals surface area contributed by atoms with Crippen molar-refractivity contribution in [2.75, 3.05) is 19.8 Å². The molecule has 1 N–H and O–H groups in total. The topological polar surface area (TPSA) is 47.0 Å². The van der Waals surface area contributed by atoms with E-state index < -0.39 is 0 Å². The minimum Gasteiger partial charge on any atom is -0.381 e. The summed E-state index contributed by atoms with van der Waals surface area (Å²) in [5.74, 6) is 0.773. The van der Waals surface area contributed by atoms with Gasteiger partial charge in [0.2, 0.25) is 0 Å². The van der Waals surface area contributed by atoms with Crippen LogP contribution in [0.4, 0.5) is 0 Å². The summed E-state index contributed by atoms with van der Waals surface area (Å²) in [6, 6.07) is 0.430. The average Bonchev–Trinajstić information content (AvgIpc) is 2.93. The number of hydrogen-bond acceptors (Lipinski definition) is 5. The normalized spacial score (nSPS) is 18.3. The smallest absolute Gasteiger partial charge is 0.0803 e. The van der Waals surface area contributed by atoms with Gasteiger partial charge in [0, 0.05) is 19.3 Å². The predicted molar refractivity (Wildman–Crippen MR) is 83.1 cm³/mol. The lowest BCUT2D eigenvalue weighted by Crippen LogP contribution is -2.27. The minimum absolute atomic E-state index is 0.430. The van der Waals surface area contributed by atoms with E-state index in [4.69, 9.17) is 4.74 Å². The quantitative estimate of drug-likeness (QED) is 0.799. The maximum absolute atomic E-state index is 5.47. The van der Waals surface area contributed by atoms with Gasteiger partial charge in [0.05, 0.1) is 10.6 Å². The molecule has 5 heteroatoms. The van der Waals surface area contributed by atoms with Gasteiger partial charge in [-0.2, -0.15) is 0 Å². The molecule has 1 aromatic heterocycles. The van der Waals surface area contributed by atoms with E-state index in [9.17, 15) is 0 Å². The number of ether oxygens (including phenoxy) is 1. The maximum atomic E-state index is 5.47. The molecule has 0 radical (unpaired) electrons. The van der Waals surface area contributed by atoms with Crippen LogP contribution in [0, 0.1) is 5.92 Å². The Bertz CT molecular complexity index is 377. The molecule has 1 fully saturated rings. The van der Waals surface area contributed by atoms with Crippen molar-refractivity contribution >= 4 is 11.5 Å². The molecule has 0 amide bonds. The molecule has 1 atom stereocenters. The van der Waals surface area contributed by atoms with Gasteiger partial charge >= 0.3 is 0 Å². The van der Waals surface area contributed by atoms with Gasteiger partial charge in [0.1, 0.15) is 0 Å². The summed E-state index contributed by atoms with van der Waals surface area (Å²) in [6.45, 7) is 7.34. The van der Waals surface area contributed by atoms with E-state index in [2.05, 4.69) is 28.8 Å². The third kappa shape index (κ3) is 4.50. The summed E-state index contributed by atoms with van der Waals surface area (Å²) in [5.41, 5.74) is 1.21. The van der Waals surface area contributed by atoms with Gasteiger partial charge in [-0.3, -0.25) is 0 Å². The highest BCUT2D eigenvalue weighted by Gasteiger charge is 2.23. The first-order valence-electron chi connectivity index (χ1n) is 7.97. The van der Waals surface area contributed by atoms with E-state index in [1.807, 2.05) is 0 Å². The third-order valence-electron chi connectivity index (χ3n) is 3.94. The second kappa shape index (κ2) is 8.70. The molecule has 20 heavy (non-hydrogen) atoms. The van der Waals surface area contributed by atoms with Crippen molar-refractivity contribution in [3.05, 3.63) is 10.6 Å². The van der Waals surface area contributed by atoms with E-state index in [-0.39, 0.29) is 0 Å². The van der Waals surface area contributed by atoms with Crippen LogP contribution in [0.15, 0.2) is 0 Å². The minimum atomic E-state index is 0.430. The molecule has 1 aromatic rings. The van der Waals surface area contributed by atoms with Gasteiger partial charge in [0.25, 0.3) is 0 Å². The number of nitrogens with zero attached hydrogens (tertiary/aromatic N) is 2. The molecule has 4 nitrogen and oxygen atoms in total. The molecule has 0 aromatic carbocycles. The summed E-state index contributed by atoms with van der Waals surface area (Å²) in [6.07, 6.45) is 6.93. The van der Waals surface area contributed by atoms with Crippen molar-refractivity contribution in [2.24, 2.45) is 5.92 Å². The van der Waals surface area contributed by atoms with Gasteiger partial charge in [-0.25, -0.2) is 0 Å². The molecule has 0 aliphatic carbocycles. The Balaban J connectivity index is 2.02. The molecular weight excluding hydrogens is 270 g/mol. The molecule has 1 aliphatic heterocycles. The van der Waals surface area contributed by atoms with Crippen molar-refractivity contribution in [3.8, 4) is 0 Å². The molecule has 0 bridgehead atoms. The van der Waals surface area contributed by atoms with Crippen LogP contribution < -0.4 is 5.32 Å². The van der Waals surface area contributed by atoms with E-state index in [0.29, 0.717) is 6.04 Å². The number of aromatic nitrogens is 2. The van der Waals surface area contributed by atoms with Crippen molar-refractivity contribution in [1.82, 2.24) is 14.9 Å². The molecule has 2 rings (SSSR count). The Kier molecular flexibility index (Phi) is 6.90. The molecule has 114 valence electrons. The van der Waals surface area contributed by atoms with Crippen LogP contribution >= 0.6 is 11.5 Å². The Morgan fingerprint density at radius 3 is 2.80 bits per heavy atom. The second-order valence-electron chi connectivity index (χ2n) is 5.63. The fraction of sp³-hybridized carbons (Fsp3) is 0.867. The second-order valence-corrected chi connectivity index (χ2v) is 6.42. The molecular formula is C15H27N3OS. The van der Waals surface area contributed by atoms with Crippen LogP contribution in [0.25, 0.3) is 0 Å². The zero-order chi connectivity index (χ0) is 14.2. The van der Waals surface area contributed by atoms with Crippen LogP contribution in [-0.4, -0.2) is 29.3 Å². The molecule has 0 saturated carbocycles. The Morgan fingerprint density at radius 1 is 1.30 bits per heavy atom. The lowest BCUT2D eigenvalue weighted by atomic mass is 9.91. The summed E-state index contributed by atoms with van der Waals surface area (Å²) >= 11 is 1.58. The van der Waals surface area contributed by atoms with Crippen LogP contribution in [0.2, 0.25) is 0 Å². The first-order valence-corrected chi connectivity index (χ1v) is 8.74. The lowest BCUT2D eigenvalue weighted by Gasteiger charge is -2.27. The molecule has 1 saturated heterocycles. The number of nitrogens with one attached hydrogen (secondary N) is 1. The highest BCUT2D eigenvalue weighted by molar-refractivity contribution is 7.05.